The maximum atomic E-state index is 14.6. The predicted octanol–water partition coefficient (Wildman–Crippen LogP) is 8.95. The highest BCUT2D eigenvalue weighted by molar-refractivity contribution is 5.52. The summed E-state index contributed by atoms with van der Waals surface area (Å²) in [5.41, 5.74) is 5.15. The molecule has 0 radical (unpaired) electrons. The zero-order valence-corrected chi connectivity index (χ0v) is 30.4. The number of piperidine rings is 1. The van der Waals surface area contributed by atoms with Crippen molar-refractivity contribution in [2.75, 3.05) is 49.2 Å². The summed E-state index contributed by atoms with van der Waals surface area (Å²) < 4.78 is 75.6. The number of aliphatic hydroxyl groups excluding tert-OH is 1. The van der Waals surface area contributed by atoms with Crippen molar-refractivity contribution in [2.24, 2.45) is 5.41 Å². The van der Waals surface area contributed by atoms with E-state index in [1.54, 1.807) is 12.1 Å². The van der Waals surface area contributed by atoms with Crippen LogP contribution in [0.1, 0.15) is 135 Å². The molecule has 1 aromatic carbocycles. The third-order valence-corrected chi connectivity index (χ3v) is 11.8. The van der Waals surface area contributed by atoms with Gasteiger partial charge in [-0.05, 0) is 85.1 Å². The monoisotopic (exact) mass is 727 g/mol. The molecule has 2 saturated heterocycles. The number of morpholine rings is 1. The molecule has 2 aromatic heterocycles. The molecule has 0 amide bonds. The summed E-state index contributed by atoms with van der Waals surface area (Å²) in [6.07, 6.45) is 1.84. The Morgan fingerprint density at radius 1 is 0.885 bits per heavy atom. The van der Waals surface area contributed by atoms with Crippen LogP contribution >= 0.6 is 0 Å². The SMILES string of the molecule is CC[C@@H](c1ccc(C(F)(F)F)cc1)c1c(C2CCN(c3ncc(N4CCOCC4)cn3)CC2)nc2c(c1C1CCC(F)(F)CC1)[C@@H](O)CC(C)(C)C2. The van der Waals surface area contributed by atoms with Crippen molar-refractivity contribution in [3.05, 3.63) is 75.9 Å². The largest absolute Gasteiger partial charge is 0.416 e. The Labute approximate surface area is 303 Å². The molecule has 3 aromatic rings. The smallest absolute Gasteiger partial charge is 0.388 e. The summed E-state index contributed by atoms with van der Waals surface area (Å²) in [4.78, 5) is 19.3. The molecule has 1 saturated carbocycles. The molecule has 7 nitrogen and oxygen atoms in total. The zero-order chi connectivity index (χ0) is 36.8. The van der Waals surface area contributed by atoms with Crippen LogP contribution in [0.4, 0.5) is 33.6 Å². The Hall–Kier alpha value is -3.38. The van der Waals surface area contributed by atoms with E-state index in [2.05, 4.69) is 23.6 Å². The first-order valence-electron chi connectivity index (χ1n) is 18.9. The van der Waals surface area contributed by atoms with Crippen LogP contribution in [-0.2, 0) is 17.3 Å². The first-order chi connectivity index (χ1) is 24.7. The standard InChI is InChI=1S/C40H50F5N5O2/c1-4-30(25-5-7-28(8-6-25)40(43,44)45)34-33(26-9-13-39(41,42)14-10-26)35-31(21-38(2,3)22-32(35)51)48-36(34)27-11-15-50(16-12-27)37-46-23-29(24-47-37)49-17-19-52-20-18-49/h5-8,23-24,26-27,30,32,51H,4,9-22H2,1-3H3/t30-,32-/m0/s1. The fraction of sp³-hybridized carbons (Fsp3) is 0.625. The lowest BCUT2D eigenvalue weighted by molar-refractivity contribution is -0.137. The molecule has 2 atom stereocenters. The minimum Gasteiger partial charge on any atom is -0.388 e. The number of pyridine rings is 1. The number of aromatic nitrogens is 3. The number of hydrogen-bond donors (Lipinski definition) is 1. The minimum atomic E-state index is -4.46. The van der Waals surface area contributed by atoms with Gasteiger partial charge in [-0.25, -0.2) is 18.7 Å². The highest BCUT2D eigenvalue weighted by Crippen LogP contribution is 2.52. The molecule has 2 aliphatic heterocycles. The summed E-state index contributed by atoms with van der Waals surface area (Å²) in [6.45, 7) is 10.6. The number of benzene rings is 1. The minimum absolute atomic E-state index is 0.0265. The van der Waals surface area contributed by atoms with E-state index in [-0.39, 0.29) is 48.9 Å². The van der Waals surface area contributed by atoms with E-state index in [0.717, 1.165) is 77.4 Å². The summed E-state index contributed by atoms with van der Waals surface area (Å²) in [5.74, 6) is -2.57. The van der Waals surface area contributed by atoms with Gasteiger partial charge in [0.05, 0.1) is 43.0 Å². The summed E-state index contributed by atoms with van der Waals surface area (Å²) in [5, 5.41) is 11.8. The van der Waals surface area contributed by atoms with Crippen LogP contribution in [0, 0.1) is 5.41 Å². The second-order valence-corrected chi connectivity index (χ2v) is 16.1. The van der Waals surface area contributed by atoms with Gasteiger partial charge in [-0.3, -0.25) is 4.98 Å². The Bertz CT molecular complexity index is 1690. The Kier molecular flexibility index (Phi) is 10.3. The maximum Gasteiger partial charge on any atom is 0.416 e. The topological polar surface area (TPSA) is 74.6 Å². The number of rotatable bonds is 7. The van der Waals surface area contributed by atoms with Crippen molar-refractivity contribution in [1.82, 2.24) is 15.0 Å². The van der Waals surface area contributed by atoms with Crippen LogP contribution in [-0.4, -0.2) is 65.4 Å². The molecular formula is C40H50F5N5O2. The molecule has 2 aliphatic carbocycles. The molecule has 0 unspecified atom stereocenters. The van der Waals surface area contributed by atoms with Gasteiger partial charge in [-0.1, -0.05) is 32.9 Å². The van der Waals surface area contributed by atoms with E-state index in [1.807, 2.05) is 19.3 Å². The third kappa shape index (κ3) is 7.65. The Balaban J connectivity index is 1.28. The number of aliphatic hydroxyl groups is 1. The van der Waals surface area contributed by atoms with E-state index >= 15 is 0 Å². The van der Waals surface area contributed by atoms with E-state index in [0.29, 0.717) is 51.5 Å². The molecule has 3 fully saturated rings. The van der Waals surface area contributed by atoms with Gasteiger partial charge in [-0.2, -0.15) is 13.2 Å². The molecule has 0 spiro atoms. The summed E-state index contributed by atoms with van der Waals surface area (Å²) in [7, 11) is 0. The number of halogens is 5. The number of hydrogen-bond acceptors (Lipinski definition) is 7. The fourth-order valence-electron chi connectivity index (χ4n) is 9.13. The van der Waals surface area contributed by atoms with Crippen LogP contribution < -0.4 is 9.80 Å². The summed E-state index contributed by atoms with van der Waals surface area (Å²) in [6, 6.07) is 5.37. The number of ether oxygens (including phenoxy) is 1. The highest BCUT2D eigenvalue weighted by Gasteiger charge is 2.43. The number of anilines is 2. The molecule has 1 N–H and O–H groups in total. The van der Waals surface area contributed by atoms with Gasteiger partial charge in [0.25, 0.3) is 0 Å². The van der Waals surface area contributed by atoms with Crippen molar-refractivity contribution >= 4 is 11.6 Å². The maximum absolute atomic E-state index is 14.6. The van der Waals surface area contributed by atoms with Gasteiger partial charge in [0.2, 0.25) is 11.9 Å². The van der Waals surface area contributed by atoms with Gasteiger partial charge in [0.15, 0.2) is 0 Å². The summed E-state index contributed by atoms with van der Waals surface area (Å²) >= 11 is 0. The number of alkyl halides is 5. The van der Waals surface area contributed by atoms with Crippen molar-refractivity contribution in [1.29, 1.82) is 0 Å². The molecule has 12 heteroatoms. The second kappa shape index (κ2) is 14.5. The van der Waals surface area contributed by atoms with Crippen LogP contribution in [0.25, 0.3) is 0 Å². The van der Waals surface area contributed by atoms with Crippen molar-refractivity contribution in [3.8, 4) is 0 Å². The lowest BCUT2D eigenvalue weighted by Crippen LogP contribution is -2.37. The molecule has 52 heavy (non-hydrogen) atoms. The van der Waals surface area contributed by atoms with Crippen LogP contribution in [0.15, 0.2) is 36.7 Å². The van der Waals surface area contributed by atoms with Gasteiger partial charge < -0.3 is 19.6 Å². The average Bonchev–Trinajstić information content (AvgIpc) is 3.12. The van der Waals surface area contributed by atoms with Crippen LogP contribution in [0.3, 0.4) is 0 Å². The van der Waals surface area contributed by atoms with Crippen LogP contribution in [0.5, 0.6) is 0 Å². The van der Waals surface area contributed by atoms with E-state index in [1.165, 1.54) is 0 Å². The molecule has 4 heterocycles. The lowest BCUT2D eigenvalue weighted by Gasteiger charge is -2.42. The fourth-order valence-corrected chi connectivity index (χ4v) is 9.13. The third-order valence-electron chi connectivity index (χ3n) is 11.8. The Morgan fingerprint density at radius 3 is 2.12 bits per heavy atom. The quantitative estimate of drug-likeness (QED) is 0.244. The van der Waals surface area contributed by atoms with Crippen molar-refractivity contribution < 1.29 is 31.8 Å². The van der Waals surface area contributed by atoms with E-state index < -0.39 is 23.8 Å². The van der Waals surface area contributed by atoms with Crippen molar-refractivity contribution in [2.45, 2.75) is 115 Å². The molecule has 0 bridgehead atoms. The van der Waals surface area contributed by atoms with Gasteiger partial charge in [0, 0.05) is 67.8 Å². The predicted molar refractivity (Wildman–Crippen MR) is 190 cm³/mol. The van der Waals surface area contributed by atoms with Gasteiger partial charge >= 0.3 is 6.18 Å². The van der Waals surface area contributed by atoms with Crippen LogP contribution in [0.2, 0.25) is 0 Å². The number of fused-ring (bicyclic) bond motifs is 1. The zero-order valence-electron chi connectivity index (χ0n) is 30.4. The second-order valence-electron chi connectivity index (χ2n) is 16.1. The molecule has 282 valence electrons. The van der Waals surface area contributed by atoms with Gasteiger partial charge in [-0.15, -0.1) is 0 Å². The first kappa shape index (κ1) is 37.0. The number of nitrogens with zero attached hydrogens (tertiary/aromatic N) is 5. The first-order valence-corrected chi connectivity index (χ1v) is 18.9. The van der Waals surface area contributed by atoms with E-state index in [9.17, 15) is 27.1 Å². The van der Waals surface area contributed by atoms with Gasteiger partial charge in [0.1, 0.15) is 0 Å². The molecular weight excluding hydrogens is 677 g/mol. The Morgan fingerprint density at radius 2 is 1.52 bits per heavy atom. The highest BCUT2D eigenvalue weighted by atomic mass is 19.4. The van der Waals surface area contributed by atoms with Crippen molar-refractivity contribution in [3.63, 3.8) is 0 Å². The average molecular weight is 728 g/mol. The lowest BCUT2D eigenvalue weighted by atomic mass is 9.67. The molecule has 4 aliphatic rings. The normalized spacial score (nSPS) is 23.4. The van der Waals surface area contributed by atoms with E-state index in [4.69, 9.17) is 19.7 Å². The molecule has 7 rings (SSSR count).